The molecule has 8 heteroatoms. The third-order valence-electron chi connectivity index (χ3n) is 7.48. The number of rotatable bonds is 8. The lowest BCUT2D eigenvalue weighted by molar-refractivity contribution is 0.207. The molecule has 4 aromatic rings. The number of hydrogen-bond donors (Lipinski definition) is 3. The van der Waals surface area contributed by atoms with Gasteiger partial charge in [0.1, 0.15) is 11.2 Å². The number of nitrogens with zero attached hydrogens (tertiary/aromatic N) is 5. The van der Waals surface area contributed by atoms with Crippen LogP contribution >= 0.6 is 0 Å². The predicted octanol–water partition coefficient (Wildman–Crippen LogP) is 5.43. The molecule has 194 valence electrons. The van der Waals surface area contributed by atoms with Gasteiger partial charge < -0.3 is 20.1 Å². The van der Waals surface area contributed by atoms with Crippen molar-refractivity contribution in [1.82, 2.24) is 34.9 Å². The summed E-state index contributed by atoms with van der Waals surface area (Å²) < 4.78 is 0. The van der Waals surface area contributed by atoms with E-state index in [9.17, 15) is 0 Å². The maximum Gasteiger partial charge on any atom is 0.135 e. The minimum atomic E-state index is 0.578. The zero-order valence-electron chi connectivity index (χ0n) is 22.1. The summed E-state index contributed by atoms with van der Waals surface area (Å²) in [7, 11) is 2.17. The molecule has 0 radical (unpaired) electrons. The van der Waals surface area contributed by atoms with Crippen LogP contribution in [0.4, 0.5) is 5.69 Å². The number of hydrogen-bond acceptors (Lipinski definition) is 6. The number of likely N-dealkylation sites (N-methyl/N-ethyl adjacent to an activating group) is 1. The van der Waals surface area contributed by atoms with E-state index in [1.165, 1.54) is 18.5 Å². The van der Waals surface area contributed by atoms with E-state index in [4.69, 9.17) is 4.98 Å². The fraction of sp³-hybridized carbons (Fsp3) is 0.300. The Bertz CT molecular complexity index is 1530. The van der Waals surface area contributed by atoms with Crippen LogP contribution in [0.15, 0.2) is 67.7 Å². The Morgan fingerprint density at radius 3 is 2.71 bits per heavy atom. The van der Waals surface area contributed by atoms with Crippen LogP contribution in [0.25, 0.3) is 39.4 Å². The summed E-state index contributed by atoms with van der Waals surface area (Å²) >= 11 is 0. The molecule has 38 heavy (non-hydrogen) atoms. The fourth-order valence-corrected chi connectivity index (χ4v) is 5.09. The fourth-order valence-electron chi connectivity index (χ4n) is 5.09. The third kappa shape index (κ3) is 4.75. The second-order valence-electron chi connectivity index (χ2n) is 10.4. The van der Waals surface area contributed by atoms with Crippen LogP contribution in [0.3, 0.4) is 0 Å². The first kappa shape index (κ1) is 24.2. The van der Waals surface area contributed by atoms with Crippen molar-refractivity contribution >= 4 is 22.4 Å². The third-order valence-corrected chi connectivity index (χ3v) is 7.48. The largest absolute Gasteiger partial charge is 0.368 e. The predicted molar refractivity (Wildman–Crippen MR) is 154 cm³/mol. The molecule has 1 aliphatic carbocycles. The topological polar surface area (TPSA) is 88.8 Å². The van der Waals surface area contributed by atoms with Gasteiger partial charge in [-0.25, -0.2) is 4.98 Å². The quantitative estimate of drug-likeness (QED) is 0.276. The summed E-state index contributed by atoms with van der Waals surface area (Å²) in [4.78, 5) is 17.8. The van der Waals surface area contributed by atoms with Crippen LogP contribution in [0.2, 0.25) is 0 Å². The molecule has 4 aromatic heterocycles. The van der Waals surface area contributed by atoms with E-state index in [2.05, 4.69) is 80.6 Å². The average molecular weight is 507 g/mol. The highest BCUT2D eigenvalue weighted by Gasteiger charge is 2.25. The number of allylic oxidation sites excluding steroid dienone is 3. The van der Waals surface area contributed by atoms with Crippen LogP contribution in [-0.2, 0) is 0 Å². The molecule has 0 atom stereocenters. The van der Waals surface area contributed by atoms with Gasteiger partial charge in [0.2, 0.25) is 0 Å². The van der Waals surface area contributed by atoms with E-state index >= 15 is 0 Å². The summed E-state index contributed by atoms with van der Waals surface area (Å²) in [6.07, 6.45) is 10.1. The van der Waals surface area contributed by atoms with Gasteiger partial charge in [0.25, 0.3) is 0 Å². The van der Waals surface area contributed by atoms with Gasteiger partial charge in [-0.15, -0.1) is 0 Å². The Morgan fingerprint density at radius 2 is 1.95 bits per heavy atom. The van der Waals surface area contributed by atoms with Gasteiger partial charge in [-0.2, -0.15) is 5.10 Å². The summed E-state index contributed by atoms with van der Waals surface area (Å²) in [5.74, 6) is 0.578. The molecule has 1 saturated carbocycles. The minimum Gasteiger partial charge on any atom is -0.368 e. The molecule has 1 aliphatic heterocycles. The summed E-state index contributed by atoms with van der Waals surface area (Å²) in [5, 5.41) is 11.2. The second-order valence-corrected chi connectivity index (χ2v) is 10.4. The first-order chi connectivity index (χ1) is 18.5. The summed E-state index contributed by atoms with van der Waals surface area (Å²) in [5.41, 5.74) is 10.7. The lowest BCUT2D eigenvalue weighted by Gasteiger charge is -2.35. The van der Waals surface area contributed by atoms with Gasteiger partial charge in [-0.3, -0.25) is 10.1 Å². The molecular weight excluding hydrogens is 472 g/mol. The molecule has 1 saturated heterocycles. The highest BCUT2D eigenvalue weighted by atomic mass is 15.3. The van der Waals surface area contributed by atoms with Gasteiger partial charge in [-0.1, -0.05) is 19.2 Å². The van der Waals surface area contributed by atoms with Crippen molar-refractivity contribution in [2.45, 2.75) is 19.8 Å². The second kappa shape index (κ2) is 9.95. The first-order valence-corrected chi connectivity index (χ1v) is 13.2. The number of aromatic nitrogens is 5. The Labute approximate surface area is 223 Å². The standard InChI is InChI=1S/C30H34N8/c1-5-6-28(38-13-11-37(4)12-14-38)24-16-27(33-20(24)3)30-29-26(35-36-30)10-9-25(34-29)22-15-23(18-31-17-22)32-19(2)21-7-8-21/h5-6,9-10,15-18,21,32-33H,1-2,7-8,11-14H2,3-4H3,(H,35,36)/b28-6+. The van der Waals surface area contributed by atoms with Crippen LogP contribution < -0.4 is 5.32 Å². The Hall–Kier alpha value is -4.17. The molecule has 3 N–H and O–H groups in total. The van der Waals surface area contributed by atoms with E-state index in [-0.39, 0.29) is 0 Å². The zero-order valence-corrected chi connectivity index (χ0v) is 22.1. The molecule has 0 bridgehead atoms. The number of aromatic amines is 2. The van der Waals surface area contributed by atoms with E-state index in [1.54, 1.807) is 0 Å². The number of fused-ring (bicyclic) bond motifs is 1. The lowest BCUT2D eigenvalue weighted by atomic mass is 10.1. The van der Waals surface area contributed by atoms with Crippen LogP contribution in [0.1, 0.15) is 24.1 Å². The number of anilines is 1. The van der Waals surface area contributed by atoms with Gasteiger partial charge in [0.05, 0.1) is 28.8 Å². The molecule has 0 spiro atoms. The van der Waals surface area contributed by atoms with E-state index < -0.39 is 0 Å². The lowest BCUT2D eigenvalue weighted by Crippen LogP contribution is -2.43. The molecule has 0 aromatic carbocycles. The van der Waals surface area contributed by atoms with Crippen molar-refractivity contribution in [3.8, 4) is 22.6 Å². The Kier molecular flexibility index (Phi) is 6.33. The normalized spacial score (nSPS) is 16.7. The molecule has 2 fully saturated rings. The minimum absolute atomic E-state index is 0.578. The van der Waals surface area contributed by atoms with Gasteiger partial charge in [-0.05, 0) is 63.1 Å². The van der Waals surface area contributed by atoms with Crippen molar-refractivity contribution < 1.29 is 0 Å². The van der Waals surface area contributed by atoms with E-state index in [1.807, 2.05) is 30.6 Å². The van der Waals surface area contributed by atoms with Crippen molar-refractivity contribution in [2.24, 2.45) is 5.92 Å². The molecule has 6 rings (SSSR count). The van der Waals surface area contributed by atoms with Crippen LogP contribution in [0.5, 0.6) is 0 Å². The van der Waals surface area contributed by atoms with Crippen LogP contribution in [-0.4, -0.2) is 68.2 Å². The highest BCUT2D eigenvalue weighted by Crippen LogP contribution is 2.36. The van der Waals surface area contributed by atoms with Crippen molar-refractivity contribution in [3.63, 3.8) is 0 Å². The van der Waals surface area contributed by atoms with Gasteiger partial charge >= 0.3 is 0 Å². The zero-order chi connectivity index (χ0) is 26.2. The smallest absolute Gasteiger partial charge is 0.135 e. The molecular formula is C30H34N8. The molecule has 2 aliphatic rings. The number of aryl methyl sites for hydroxylation is 1. The summed E-state index contributed by atoms with van der Waals surface area (Å²) in [6, 6.07) is 8.29. The molecule has 8 nitrogen and oxygen atoms in total. The number of nitrogens with one attached hydrogen (secondary N) is 3. The molecule has 5 heterocycles. The van der Waals surface area contributed by atoms with Crippen molar-refractivity contribution in [2.75, 3.05) is 38.5 Å². The Morgan fingerprint density at radius 1 is 1.13 bits per heavy atom. The number of pyridine rings is 2. The maximum absolute atomic E-state index is 5.02. The van der Waals surface area contributed by atoms with Crippen LogP contribution in [0, 0.1) is 12.8 Å². The average Bonchev–Trinajstić information content (AvgIpc) is 3.60. The van der Waals surface area contributed by atoms with Gasteiger partial charge in [0, 0.05) is 60.6 Å². The monoisotopic (exact) mass is 506 g/mol. The first-order valence-electron chi connectivity index (χ1n) is 13.2. The molecule has 0 unspecified atom stereocenters. The van der Waals surface area contributed by atoms with Gasteiger partial charge in [0.15, 0.2) is 0 Å². The van der Waals surface area contributed by atoms with Crippen molar-refractivity contribution in [1.29, 1.82) is 0 Å². The Balaban J connectivity index is 1.32. The van der Waals surface area contributed by atoms with E-state index in [0.29, 0.717) is 5.92 Å². The maximum atomic E-state index is 5.02. The van der Waals surface area contributed by atoms with E-state index in [0.717, 1.165) is 82.5 Å². The number of H-pyrrole nitrogens is 2. The number of piperazine rings is 1. The molecule has 0 amide bonds. The highest BCUT2D eigenvalue weighted by molar-refractivity contribution is 5.91. The van der Waals surface area contributed by atoms with Crippen molar-refractivity contribution in [3.05, 3.63) is 78.9 Å². The SMILES string of the molecule is C=C/C=C(\c1cc(-c2n[nH]c3ccc(-c4cncc(NC(=C)C5CC5)c4)nc23)[nH]c1C)N1CCN(C)CC1. The summed E-state index contributed by atoms with van der Waals surface area (Å²) in [6.45, 7) is 14.3.